The van der Waals surface area contributed by atoms with Gasteiger partial charge in [-0.25, -0.2) is 0 Å². The van der Waals surface area contributed by atoms with E-state index in [-0.39, 0.29) is 17.6 Å². The maximum atomic E-state index is 14.0. The van der Waals surface area contributed by atoms with Crippen LogP contribution in [0, 0.1) is 17.8 Å². The van der Waals surface area contributed by atoms with Gasteiger partial charge in [0.1, 0.15) is 5.56 Å². The molecule has 2 saturated heterocycles. The van der Waals surface area contributed by atoms with E-state index >= 15 is 0 Å². The van der Waals surface area contributed by atoms with Crippen LogP contribution in [0.3, 0.4) is 0 Å². The van der Waals surface area contributed by atoms with Crippen LogP contribution in [0.2, 0.25) is 0 Å². The number of alkyl halides is 3. The highest BCUT2D eigenvalue weighted by Crippen LogP contribution is 2.42. The maximum absolute atomic E-state index is 14.0. The van der Waals surface area contributed by atoms with Crippen LogP contribution in [0.25, 0.3) is 22.2 Å². The third kappa shape index (κ3) is 4.68. The van der Waals surface area contributed by atoms with E-state index in [0.717, 1.165) is 75.5 Å². The molecule has 1 aromatic carbocycles. The van der Waals surface area contributed by atoms with Crippen molar-refractivity contribution in [1.29, 1.82) is 0 Å². The Kier molecular flexibility index (Phi) is 6.11. The third-order valence-electron chi connectivity index (χ3n) is 8.17. The molecule has 1 saturated carbocycles. The first-order valence-corrected chi connectivity index (χ1v) is 12.8. The molecule has 1 aliphatic carbocycles. The summed E-state index contributed by atoms with van der Waals surface area (Å²) in [5, 5.41) is 16.4. The Morgan fingerprint density at radius 1 is 1.06 bits per heavy atom. The maximum Gasteiger partial charge on any atom is 0.420 e. The molecule has 3 aliphatic rings. The second-order valence-electron chi connectivity index (χ2n) is 10.6. The Balaban J connectivity index is 1.15. The van der Waals surface area contributed by atoms with Crippen molar-refractivity contribution in [2.45, 2.75) is 37.9 Å². The minimum atomic E-state index is -4.53. The van der Waals surface area contributed by atoms with Crippen molar-refractivity contribution in [3.63, 3.8) is 0 Å². The number of likely N-dealkylation sites (tertiary alicyclic amines) is 1. The lowest BCUT2D eigenvalue weighted by molar-refractivity contribution is -0.137. The summed E-state index contributed by atoms with van der Waals surface area (Å²) in [6.45, 7) is 4.90. The Hall–Kier alpha value is -2.72. The van der Waals surface area contributed by atoms with Crippen LogP contribution in [0.15, 0.2) is 30.5 Å². The van der Waals surface area contributed by atoms with Gasteiger partial charge < -0.3 is 15.0 Å². The number of fused-ring (bicyclic) bond motifs is 2. The zero-order chi connectivity index (χ0) is 24.9. The van der Waals surface area contributed by atoms with E-state index in [1.54, 1.807) is 23.0 Å². The molecule has 2 aromatic heterocycles. The number of aromatic nitrogens is 4. The van der Waals surface area contributed by atoms with Gasteiger partial charge in [-0.15, -0.1) is 10.2 Å². The summed E-state index contributed by atoms with van der Waals surface area (Å²) in [6.07, 6.45) is 1.15. The molecular formula is C26H31F3N6O. The molecular weight excluding hydrogens is 469 g/mol. The van der Waals surface area contributed by atoms with Crippen LogP contribution < -0.4 is 5.32 Å². The summed E-state index contributed by atoms with van der Waals surface area (Å²) in [5.74, 6) is 1.58. The van der Waals surface area contributed by atoms with Crippen LogP contribution in [0.5, 0.6) is 0 Å². The molecule has 0 amide bonds. The Morgan fingerprint density at radius 2 is 1.81 bits per heavy atom. The molecule has 2 aliphatic heterocycles. The van der Waals surface area contributed by atoms with Gasteiger partial charge in [0.2, 0.25) is 0 Å². The molecule has 0 radical (unpaired) electrons. The fourth-order valence-corrected chi connectivity index (χ4v) is 6.33. The van der Waals surface area contributed by atoms with Crippen LogP contribution >= 0.6 is 0 Å². The number of nitrogens with zero attached hydrogens (tertiary/aromatic N) is 5. The van der Waals surface area contributed by atoms with Gasteiger partial charge in [0, 0.05) is 56.9 Å². The molecule has 192 valence electrons. The largest absolute Gasteiger partial charge is 0.420 e. The van der Waals surface area contributed by atoms with Crippen molar-refractivity contribution < 1.29 is 17.9 Å². The predicted molar refractivity (Wildman–Crippen MR) is 130 cm³/mol. The highest BCUT2D eigenvalue weighted by atomic mass is 19.4. The standard InChI is InChI=1S/C26H31F3N6O/c1-34-24-3-2-17(8-18(24)12-30-34)23-11-22(26(27,28)29)25(33-32-23)31-21-9-19-14-35(15-20(19)10-21)13-16-4-6-36-7-5-16/h2-3,8,11-12,16,19-21H,4-7,9-10,13-15H2,1H3,(H,31,33)/t19-,20+,21+. The number of ether oxygens (including phenoxy) is 1. The average Bonchev–Trinajstić information content (AvgIpc) is 3.52. The fourth-order valence-electron chi connectivity index (χ4n) is 6.33. The van der Waals surface area contributed by atoms with E-state index < -0.39 is 11.7 Å². The number of hydrogen-bond donors (Lipinski definition) is 1. The monoisotopic (exact) mass is 500 g/mol. The minimum absolute atomic E-state index is 0.0155. The van der Waals surface area contributed by atoms with E-state index in [4.69, 9.17) is 4.74 Å². The number of halogens is 3. The van der Waals surface area contributed by atoms with Gasteiger partial charge in [0.15, 0.2) is 5.82 Å². The molecule has 0 bridgehead atoms. The summed E-state index contributed by atoms with van der Waals surface area (Å²) in [7, 11) is 1.82. The summed E-state index contributed by atoms with van der Waals surface area (Å²) < 4.78 is 49.3. The lowest BCUT2D eigenvalue weighted by Gasteiger charge is -2.28. The van der Waals surface area contributed by atoms with E-state index in [1.165, 1.54) is 0 Å². The first kappa shape index (κ1) is 23.7. The molecule has 36 heavy (non-hydrogen) atoms. The average molecular weight is 501 g/mol. The van der Waals surface area contributed by atoms with Crippen molar-refractivity contribution in [3.05, 3.63) is 36.0 Å². The van der Waals surface area contributed by atoms with Gasteiger partial charge in [-0.05, 0) is 61.6 Å². The second kappa shape index (κ2) is 9.30. The summed E-state index contributed by atoms with van der Waals surface area (Å²) in [5.41, 5.74) is 0.918. The summed E-state index contributed by atoms with van der Waals surface area (Å²) in [6, 6.07) is 6.48. The van der Waals surface area contributed by atoms with Crippen LogP contribution in [0.4, 0.5) is 19.0 Å². The third-order valence-corrected chi connectivity index (χ3v) is 8.17. The van der Waals surface area contributed by atoms with Gasteiger partial charge in [-0.3, -0.25) is 4.68 Å². The van der Waals surface area contributed by atoms with Crippen molar-refractivity contribution in [3.8, 4) is 11.3 Å². The van der Waals surface area contributed by atoms with E-state index in [2.05, 4.69) is 25.5 Å². The van der Waals surface area contributed by atoms with E-state index in [0.29, 0.717) is 23.3 Å². The summed E-state index contributed by atoms with van der Waals surface area (Å²) in [4.78, 5) is 2.55. The lowest BCUT2D eigenvalue weighted by Crippen LogP contribution is -2.32. The van der Waals surface area contributed by atoms with Crippen molar-refractivity contribution >= 4 is 16.7 Å². The van der Waals surface area contributed by atoms with Gasteiger partial charge in [0.05, 0.1) is 17.4 Å². The van der Waals surface area contributed by atoms with Gasteiger partial charge in [-0.1, -0.05) is 6.07 Å². The molecule has 10 heteroatoms. The topological polar surface area (TPSA) is 68.1 Å². The first-order chi connectivity index (χ1) is 17.3. The normalized spacial score (nSPS) is 25.5. The molecule has 0 spiro atoms. The smallest absolute Gasteiger partial charge is 0.381 e. The molecule has 3 fully saturated rings. The number of rotatable bonds is 5. The number of benzene rings is 1. The molecule has 3 aromatic rings. The molecule has 1 N–H and O–H groups in total. The SMILES string of the molecule is Cn1ncc2cc(-c3cc(C(F)(F)F)c(N[C@H]4C[C@@H]5CN(CC6CCOCC6)C[C@@H]5C4)nn3)ccc21. The number of nitrogens with one attached hydrogen (secondary N) is 1. The van der Waals surface area contributed by atoms with Crippen molar-refractivity contribution in [1.82, 2.24) is 24.9 Å². The first-order valence-electron chi connectivity index (χ1n) is 12.8. The zero-order valence-corrected chi connectivity index (χ0v) is 20.3. The van der Waals surface area contributed by atoms with Gasteiger partial charge >= 0.3 is 6.18 Å². The molecule has 0 unspecified atom stereocenters. The fraction of sp³-hybridized carbons (Fsp3) is 0.577. The summed E-state index contributed by atoms with van der Waals surface area (Å²) >= 11 is 0. The van der Waals surface area contributed by atoms with Crippen LogP contribution in [0.1, 0.15) is 31.2 Å². The van der Waals surface area contributed by atoms with E-state index in [9.17, 15) is 13.2 Å². The van der Waals surface area contributed by atoms with Gasteiger partial charge in [0.25, 0.3) is 0 Å². The highest BCUT2D eigenvalue weighted by molar-refractivity contribution is 5.84. The van der Waals surface area contributed by atoms with Crippen LogP contribution in [-0.4, -0.2) is 63.8 Å². The predicted octanol–water partition coefficient (Wildman–Crippen LogP) is 4.60. The highest BCUT2D eigenvalue weighted by Gasteiger charge is 2.43. The number of anilines is 1. The molecule has 7 nitrogen and oxygen atoms in total. The number of hydrogen-bond acceptors (Lipinski definition) is 6. The number of aryl methyl sites for hydroxylation is 1. The van der Waals surface area contributed by atoms with Gasteiger partial charge in [-0.2, -0.15) is 18.3 Å². The molecule has 3 atom stereocenters. The zero-order valence-electron chi connectivity index (χ0n) is 20.3. The minimum Gasteiger partial charge on any atom is -0.381 e. The van der Waals surface area contributed by atoms with Crippen molar-refractivity contribution in [2.75, 3.05) is 38.2 Å². The Bertz CT molecular complexity index is 1220. The second-order valence-corrected chi connectivity index (χ2v) is 10.6. The van der Waals surface area contributed by atoms with Crippen molar-refractivity contribution in [2.24, 2.45) is 24.8 Å². The molecule has 4 heterocycles. The molecule has 6 rings (SSSR count). The Labute approximate surface area is 208 Å². The quantitative estimate of drug-likeness (QED) is 0.553. The lowest BCUT2D eigenvalue weighted by atomic mass is 10.00. The van der Waals surface area contributed by atoms with Crippen LogP contribution in [-0.2, 0) is 18.0 Å². The Morgan fingerprint density at radius 3 is 2.53 bits per heavy atom. The van der Waals surface area contributed by atoms with E-state index in [1.807, 2.05) is 13.1 Å².